The van der Waals surface area contributed by atoms with Crippen LogP contribution in [0.15, 0.2) is 63.0 Å². The average Bonchev–Trinajstić information content (AvgIpc) is 3.45. The van der Waals surface area contributed by atoms with Crippen LogP contribution in [0.4, 0.5) is 4.39 Å². The summed E-state index contributed by atoms with van der Waals surface area (Å²) in [5, 5.41) is 9.08. The second-order valence-corrected chi connectivity index (χ2v) is 15.5. The Bertz CT molecular complexity index is 2540. The number of H-pyrrole nitrogens is 2. The zero-order valence-electron chi connectivity index (χ0n) is 30.3. The quantitative estimate of drug-likeness (QED) is 0.229. The van der Waals surface area contributed by atoms with Crippen molar-refractivity contribution in [3.63, 3.8) is 0 Å². The number of hydrogen-bond acceptors (Lipinski definition) is 7. The molecule has 7 heterocycles. The number of nitrogens with one attached hydrogen (secondary N) is 2. The number of benzene rings is 1. The summed E-state index contributed by atoms with van der Waals surface area (Å²) in [6.45, 7) is 10.7. The number of amides is 1. The van der Waals surface area contributed by atoms with Crippen molar-refractivity contribution in [2.75, 3.05) is 13.2 Å². The third kappa shape index (κ3) is 5.24. The maximum absolute atomic E-state index is 15.1. The number of aromatic amines is 2. The number of nitrogens with zero attached hydrogens (tertiary/aromatic N) is 6. The van der Waals surface area contributed by atoms with Crippen LogP contribution in [0.2, 0.25) is 0 Å². The van der Waals surface area contributed by atoms with Gasteiger partial charge in [-0.1, -0.05) is 5.16 Å². The van der Waals surface area contributed by atoms with Crippen molar-refractivity contribution in [1.82, 2.24) is 38.8 Å². The number of fused-ring (bicyclic) bond motifs is 2. The first-order valence-electron chi connectivity index (χ1n) is 18.2. The topological polar surface area (TPSA) is 148 Å². The molecule has 2 N–H and O–H groups in total. The van der Waals surface area contributed by atoms with E-state index in [9.17, 15) is 14.0 Å². The SMILES string of the molecule is Cc1cc(-n2nc3c(c2-n2cc[nH]c2=O)[C@H](C)N(C(=O)c2cc4cc([C@@H]5CCOC(C)(C)C5)ccn4c2C2(c4noc(=O)[nH]4)CC2)CC3)cc(C)c1F. The molecule has 1 saturated carbocycles. The second kappa shape index (κ2) is 11.8. The zero-order valence-corrected chi connectivity index (χ0v) is 30.3. The van der Waals surface area contributed by atoms with Crippen molar-refractivity contribution < 1.29 is 18.4 Å². The van der Waals surface area contributed by atoms with E-state index >= 15 is 4.79 Å². The van der Waals surface area contributed by atoms with Gasteiger partial charge in [0.1, 0.15) is 11.6 Å². The molecule has 13 nitrogen and oxygen atoms in total. The van der Waals surface area contributed by atoms with Gasteiger partial charge in [-0.3, -0.25) is 18.9 Å². The molecule has 9 rings (SSSR count). The van der Waals surface area contributed by atoms with Gasteiger partial charge in [-0.25, -0.2) is 18.7 Å². The summed E-state index contributed by atoms with van der Waals surface area (Å²) >= 11 is 0. The van der Waals surface area contributed by atoms with Gasteiger partial charge in [0.2, 0.25) is 0 Å². The Balaban J connectivity index is 1.17. The lowest BCUT2D eigenvalue weighted by Crippen LogP contribution is -2.40. The minimum Gasteiger partial charge on any atom is -0.376 e. The molecule has 2 fully saturated rings. The number of ether oxygens (including phenoxy) is 1. The number of aromatic nitrogens is 7. The molecule has 0 unspecified atom stereocenters. The highest BCUT2D eigenvalue weighted by Gasteiger charge is 2.54. The number of halogens is 1. The van der Waals surface area contributed by atoms with Crippen LogP contribution in [0.5, 0.6) is 0 Å². The molecule has 2 atom stereocenters. The molecule has 274 valence electrons. The van der Waals surface area contributed by atoms with Crippen LogP contribution < -0.4 is 11.4 Å². The average molecular weight is 721 g/mol. The number of hydrogen-bond donors (Lipinski definition) is 2. The third-order valence-corrected chi connectivity index (χ3v) is 11.5. The summed E-state index contributed by atoms with van der Waals surface area (Å²) in [5.41, 5.74) is 5.09. The molecule has 0 spiro atoms. The predicted molar refractivity (Wildman–Crippen MR) is 193 cm³/mol. The van der Waals surface area contributed by atoms with Crippen LogP contribution >= 0.6 is 0 Å². The van der Waals surface area contributed by atoms with Crippen LogP contribution in [0.1, 0.15) is 108 Å². The number of carbonyl (C=O) groups excluding carboxylic acids is 1. The van der Waals surface area contributed by atoms with E-state index in [0.29, 0.717) is 72.4 Å². The molecule has 2 aliphatic heterocycles. The lowest BCUT2D eigenvalue weighted by molar-refractivity contribution is -0.0593. The van der Waals surface area contributed by atoms with Crippen LogP contribution in [0.25, 0.3) is 17.0 Å². The molecule has 0 radical (unpaired) electrons. The monoisotopic (exact) mass is 720 g/mol. The standard InChI is InChI=1S/C39H41FN8O5/c1-21-16-27(17-22(2)31(21)40)48-33(47-14-11-41-36(47)50)30-23(3)45(13-7-29(30)43-48)34(49)28-19-26-18-24(25-8-15-52-38(4,5)20-25)6-12-46(26)32(28)39(9-10-39)35-42-37(51)53-44-35/h6,11-12,14,16-19,23,25H,7-10,13,15,20H2,1-5H3,(H,41,50)(H,42,44,51)/t23-,25+/m0/s1. The summed E-state index contributed by atoms with van der Waals surface area (Å²) in [7, 11) is 0. The highest BCUT2D eigenvalue weighted by Crippen LogP contribution is 2.54. The first-order valence-corrected chi connectivity index (χ1v) is 18.2. The van der Waals surface area contributed by atoms with Gasteiger partial charge in [-0.15, -0.1) is 0 Å². The van der Waals surface area contributed by atoms with E-state index in [1.165, 1.54) is 10.1 Å². The number of rotatable bonds is 6. The summed E-state index contributed by atoms with van der Waals surface area (Å²) < 4.78 is 30.9. The van der Waals surface area contributed by atoms with Crippen LogP contribution in [-0.2, 0) is 16.6 Å². The van der Waals surface area contributed by atoms with Gasteiger partial charge in [-0.2, -0.15) is 5.10 Å². The van der Waals surface area contributed by atoms with Crippen molar-refractivity contribution in [3.05, 3.63) is 121 Å². The largest absolute Gasteiger partial charge is 0.438 e. The molecule has 53 heavy (non-hydrogen) atoms. The van der Waals surface area contributed by atoms with E-state index < -0.39 is 17.2 Å². The molecule has 14 heteroatoms. The lowest BCUT2D eigenvalue weighted by atomic mass is 9.84. The van der Waals surface area contributed by atoms with Gasteiger partial charge in [0, 0.05) is 54.9 Å². The second-order valence-electron chi connectivity index (χ2n) is 15.5. The molecule has 1 saturated heterocycles. The number of imidazole rings is 1. The van der Waals surface area contributed by atoms with Crippen molar-refractivity contribution >= 4 is 11.4 Å². The van der Waals surface area contributed by atoms with E-state index in [4.69, 9.17) is 14.4 Å². The Morgan fingerprint density at radius 1 is 1.08 bits per heavy atom. The Labute approximate surface area is 303 Å². The first kappa shape index (κ1) is 33.3. The Kier molecular flexibility index (Phi) is 7.39. The Hall–Kier alpha value is -5.50. The van der Waals surface area contributed by atoms with E-state index in [1.807, 2.05) is 24.1 Å². The molecular weight excluding hydrogens is 679 g/mol. The molecule has 3 aliphatic rings. The van der Waals surface area contributed by atoms with E-state index in [1.54, 1.807) is 43.1 Å². The van der Waals surface area contributed by atoms with Gasteiger partial charge in [0.25, 0.3) is 5.91 Å². The molecule has 1 aliphatic carbocycles. The highest BCUT2D eigenvalue weighted by molar-refractivity contribution is 5.98. The third-order valence-electron chi connectivity index (χ3n) is 11.5. The highest BCUT2D eigenvalue weighted by atomic mass is 19.1. The minimum atomic E-state index is -0.706. The lowest BCUT2D eigenvalue weighted by Gasteiger charge is -2.35. The van der Waals surface area contributed by atoms with Crippen molar-refractivity contribution in [3.8, 4) is 11.5 Å². The predicted octanol–water partition coefficient (Wildman–Crippen LogP) is 5.55. The van der Waals surface area contributed by atoms with Crippen molar-refractivity contribution in [2.24, 2.45) is 0 Å². The number of aryl methyl sites for hydroxylation is 2. The molecule has 1 aromatic carbocycles. The number of carbonyl (C=O) groups is 1. The Morgan fingerprint density at radius 3 is 2.51 bits per heavy atom. The fraction of sp³-hybridized carbons (Fsp3) is 0.410. The van der Waals surface area contributed by atoms with Crippen molar-refractivity contribution in [1.29, 1.82) is 0 Å². The molecule has 5 aromatic heterocycles. The summed E-state index contributed by atoms with van der Waals surface area (Å²) in [6.07, 6.45) is 8.83. The fourth-order valence-electron chi connectivity index (χ4n) is 8.79. The van der Waals surface area contributed by atoms with Crippen LogP contribution in [-0.4, -0.2) is 63.4 Å². The van der Waals surface area contributed by atoms with Gasteiger partial charge in [0.15, 0.2) is 5.82 Å². The Morgan fingerprint density at radius 2 is 1.85 bits per heavy atom. The maximum atomic E-state index is 15.1. The van der Waals surface area contributed by atoms with Crippen LogP contribution in [0, 0.1) is 19.7 Å². The van der Waals surface area contributed by atoms with Gasteiger partial charge in [-0.05, 0) is 113 Å². The van der Waals surface area contributed by atoms with Crippen LogP contribution in [0.3, 0.4) is 0 Å². The zero-order chi connectivity index (χ0) is 37.0. The molecule has 0 bridgehead atoms. The summed E-state index contributed by atoms with van der Waals surface area (Å²) in [5.74, 6) is 0.0923. The van der Waals surface area contributed by atoms with Gasteiger partial charge < -0.3 is 19.0 Å². The smallest absolute Gasteiger partial charge is 0.376 e. The summed E-state index contributed by atoms with van der Waals surface area (Å²) in [6, 6.07) is 9.19. The van der Waals surface area contributed by atoms with Crippen molar-refractivity contribution in [2.45, 2.75) is 89.7 Å². The van der Waals surface area contributed by atoms with Gasteiger partial charge >= 0.3 is 11.4 Å². The fourth-order valence-corrected chi connectivity index (χ4v) is 8.79. The minimum absolute atomic E-state index is 0.179. The molecule has 1 amide bonds. The normalized spacial score (nSPS) is 20.5. The maximum Gasteiger partial charge on any atom is 0.438 e. The molecular formula is C39H41FN8O5. The first-order chi connectivity index (χ1) is 25.3. The number of pyridine rings is 1. The van der Waals surface area contributed by atoms with E-state index in [0.717, 1.165) is 35.3 Å². The summed E-state index contributed by atoms with van der Waals surface area (Å²) in [4.78, 5) is 47.8. The van der Waals surface area contributed by atoms with E-state index in [2.05, 4.69) is 45.5 Å². The van der Waals surface area contributed by atoms with E-state index in [-0.39, 0.29) is 23.0 Å². The molecule has 6 aromatic rings. The van der Waals surface area contributed by atoms with Gasteiger partial charge in [0.05, 0.1) is 34.0 Å².